The molecule has 4 nitrogen and oxygen atoms in total. The fourth-order valence-electron chi connectivity index (χ4n) is 2.47. The van der Waals surface area contributed by atoms with E-state index in [1.807, 2.05) is 13.8 Å². The Morgan fingerprint density at radius 1 is 1.43 bits per heavy atom. The smallest absolute Gasteiger partial charge is 0.261 e. The second-order valence-corrected chi connectivity index (χ2v) is 8.23. The maximum atomic E-state index is 11.6. The van der Waals surface area contributed by atoms with Crippen molar-refractivity contribution < 1.29 is 17.9 Å². The van der Waals surface area contributed by atoms with Gasteiger partial charge in [0.25, 0.3) is 9.05 Å². The van der Waals surface area contributed by atoms with Gasteiger partial charge in [-0.3, -0.25) is 0 Å². The molecule has 0 aliphatic carbocycles. The van der Waals surface area contributed by atoms with Gasteiger partial charge in [-0.05, 0) is 48.9 Å². The van der Waals surface area contributed by atoms with Crippen LogP contribution >= 0.6 is 10.7 Å². The molecule has 2 rings (SSSR count). The second-order valence-electron chi connectivity index (χ2n) is 5.69. The topological polar surface area (TPSA) is 52.6 Å². The van der Waals surface area contributed by atoms with Gasteiger partial charge >= 0.3 is 0 Å². The Morgan fingerprint density at radius 3 is 2.67 bits per heavy atom. The molecule has 0 radical (unpaired) electrons. The number of rotatable bonds is 5. The van der Waals surface area contributed by atoms with E-state index in [2.05, 4.69) is 0 Å². The molecule has 1 aliphatic heterocycles. The summed E-state index contributed by atoms with van der Waals surface area (Å²) in [6.45, 7) is 6.99. The summed E-state index contributed by atoms with van der Waals surface area (Å²) in [7, 11) is 1.74. The molecule has 0 spiro atoms. The van der Waals surface area contributed by atoms with Gasteiger partial charge in [-0.15, -0.1) is 0 Å². The largest absolute Gasteiger partial charge is 0.491 e. The van der Waals surface area contributed by atoms with Crippen LogP contribution in [-0.4, -0.2) is 27.7 Å². The molecule has 21 heavy (non-hydrogen) atoms. The lowest BCUT2D eigenvalue weighted by molar-refractivity contribution is 0.0675. The van der Waals surface area contributed by atoms with E-state index < -0.39 is 9.05 Å². The second kappa shape index (κ2) is 6.55. The summed E-state index contributed by atoms with van der Waals surface area (Å²) in [5.74, 6) is 0.851. The van der Waals surface area contributed by atoms with Crippen molar-refractivity contribution in [3.8, 4) is 5.75 Å². The van der Waals surface area contributed by atoms with E-state index >= 15 is 0 Å². The number of aryl methyl sites for hydroxylation is 1. The molecule has 1 aromatic carbocycles. The van der Waals surface area contributed by atoms with Crippen LogP contribution in [0.1, 0.15) is 43.7 Å². The first-order chi connectivity index (χ1) is 9.79. The Kier molecular flexibility index (Phi) is 5.17. The van der Waals surface area contributed by atoms with Gasteiger partial charge in [0, 0.05) is 17.3 Å². The SMILES string of the molecule is Cc1cc(OCC2CCCO2)c(C(C)C)cc1S(=O)(=O)Cl. The monoisotopic (exact) mass is 332 g/mol. The molecule has 0 saturated carbocycles. The van der Waals surface area contributed by atoms with Gasteiger partial charge in [-0.2, -0.15) is 0 Å². The van der Waals surface area contributed by atoms with Crippen LogP contribution < -0.4 is 4.74 Å². The maximum absolute atomic E-state index is 11.6. The summed E-state index contributed by atoms with van der Waals surface area (Å²) in [5, 5.41) is 0. The van der Waals surface area contributed by atoms with Crippen molar-refractivity contribution in [2.75, 3.05) is 13.2 Å². The summed E-state index contributed by atoms with van der Waals surface area (Å²) in [6.07, 6.45) is 2.19. The van der Waals surface area contributed by atoms with E-state index in [0.717, 1.165) is 25.0 Å². The lowest BCUT2D eigenvalue weighted by Gasteiger charge is -2.18. The van der Waals surface area contributed by atoms with E-state index in [1.54, 1.807) is 19.1 Å². The average molecular weight is 333 g/mol. The number of ether oxygens (including phenoxy) is 2. The van der Waals surface area contributed by atoms with Crippen LogP contribution in [-0.2, 0) is 13.8 Å². The highest BCUT2D eigenvalue weighted by atomic mass is 35.7. The highest BCUT2D eigenvalue weighted by Crippen LogP contribution is 2.33. The van der Waals surface area contributed by atoms with Gasteiger partial charge in [-0.1, -0.05) is 13.8 Å². The van der Waals surface area contributed by atoms with Crippen molar-refractivity contribution in [2.24, 2.45) is 0 Å². The van der Waals surface area contributed by atoms with Crippen molar-refractivity contribution in [1.29, 1.82) is 0 Å². The van der Waals surface area contributed by atoms with E-state index in [4.69, 9.17) is 20.2 Å². The van der Waals surface area contributed by atoms with Crippen molar-refractivity contribution >= 4 is 19.7 Å². The first kappa shape index (κ1) is 16.6. The quantitative estimate of drug-likeness (QED) is 0.773. The van der Waals surface area contributed by atoms with Crippen LogP contribution in [0.15, 0.2) is 17.0 Å². The molecular weight excluding hydrogens is 312 g/mol. The predicted octanol–water partition coefficient (Wildman–Crippen LogP) is 3.60. The van der Waals surface area contributed by atoms with E-state index in [0.29, 0.717) is 17.9 Å². The Labute approximate surface area is 130 Å². The van der Waals surface area contributed by atoms with Gasteiger partial charge in [0.05, 0.1) is 11.0 Å². The zero-order valence-corrected chi connectivity index (χ0v) is 14.1. The third-order valence-corrected chi connectivity index (χ3v) is 5.10. The van der Waals surface area contributed by atoms with Crippen LogP contribution in [0.2, 0.25) is 0 Å². The van der Waals surface area contributed by atoms with Gasteiger partial charge in [-0.25, -0.2) is 8.42 Å². The fourth-order valence-corrected chi connectivity index (χ4v) is 3.68. The molecule has 1 fully saturated rings. The molecular formula is C15H21ClO4S. The van der Waals surface area contributed by atoms with Gasteiger partial charge in [0.1, 0.15) is 12.4 Å². The Hall–Kier alpha value is -0.780. The molecule has 0 aromatic heterocycles. The molecule has 6 heteroatoms. The number of hydrogen-bond acceptors (Lipinski definition) is 4. The predicted molar refractivity (Wildman–Crippen MR) is 82.8 cm³/mol. The molecule has 0 amide bonds. The number of benzene rings is 1. The third kappa shape index (κ3) is 4.11. The average Bonchev–Trinajstić information content (AvgIpc) is 2.87. The lowest BCUT2D eigenvalue weighted by Crippen LogP contribution is -2.17. The van der Waals surface area contributed by atoms with Crippen LogP contribution in [0.3, 0.4) is 0 Å². The molecule has 1 aliphatic rings. The zero-order chi connectivity index (χ0) is 15.6. The summed E-state index contributed by atoms with van der Waals surface area (Å²) in [5.41, 5.74) is 1.44. The minimum atomic E-state index is -3.74. The minimum absolute atomic E-state index is 0.127. The molecule has 1 aromatic rings. The highest BCUT2D eigenvalue weighted by Gasteiger charge is 2.21. The summed E-state index contributed by atoms with van der Waals surface area (Å²) >= 11 is 0. The molecule has 1 unspecified atom stereocenters. The van der Waals surface area contributed by atoms with Crippen molar-refractivity contribution in [2.45, 2.75) is 50.5 Å². The summed E-state index contributed by atoms with van der Waals surface area (Å²) < 4.78 is 34.6. The van der Waals surface area contributed by atoms with Crippen LogP contribution in [0, 0.1) is 6.92 Å². The van der Waals surface area contributed by atoms with Gasteiger partial charge < -0.3 is 9.47 Å². The van der Waals surface area contributed by atoms with Crippen molar-refractivity contribution in [1.82, 2.24) is 0 Å². The number of hydrogen-bond donors (Lipinski definition) is 0. The van der Waals surface area contributed by atoms with Crippen LogP contribution in [0.25, 0.3) is 0 Å². The van der Waals surface area contributed by atoms with E-state index in [9.17, 15) is 8.42 Å². The van der Waals surface area contributed by atoms with E-state index in [-0.39, 0.29) is 16.9 Å². The number of halogens is 1. The van der Waals surface area contributed by atoms with Crippen molar-refractivity contribution in [3.63, 3.8) is 0 Å². The standard InChI is InChI=1S/C15H21ClO4S/c1-10(2)13-8-15(21(16,17)18)11(3)7-14(13)20-9-12-5-4-6-19-12/h7-8,10,12H,4-6,9H2,1-3H3. The Bertz CT molecular complexity index is 604. The summed E-state index contributed by atoms with van der Waals surface area (Å²) in [6, 6.07) is 3.37. The molecule has 0 bridgehead atoms. The van der Waals surface area contributed by atoms with E-state index in [1.165, 1.54) is 0 Å². The normalized spacial score (nSPS) is 19.2. The first-order valence-electron chi connectivity index (χ1n) is 7.12. The molecule has 1 atom stereocenters. The van der Waals surface area contributed by atoms with Gasteiger partial charge in [0.2, 0.25) is 0 Å². The zero-order valence-electron chi connectivity index (χ0n) is 12.6. The molecule has 1 saturated heterocycles. The maximum Gasteiger partial charge on any atom is 0.261 e. The Balaban J connectivity index is 2.29. The molecule has 1 heterocycles. The summed E-state index contributed by atoms with van der Waals surface area (Å²) in [4.78, 5) is 0.150. The minimum Gasteiger partial charge on any atom is -0.491 e. The van der Waals surface area contributed by atoms with Gasteiger partial charge in [0.15, 0.2) is 0 Å². The van der Waals surface area contributed by atoms with Crippen LogP contribution in [0.5, 0.6) is 5.75 Å². The third-order valence-electron chi connectivity index (χ3n) is 3.64. The Morgan fingerprint density at radius 2 is 2.14 bits per heavy atom. The highest BCUT2D eigenvalue weighted by molar-refractivity contribution is 8.13. The first-order valence-corrected chi connectivity index (χ1v) is 9.43. The lowest BCUT2D eigenvalue weighted by atomic mass is 10.0. The van der Waals surface area contributed by atoms with Crippen LogP contribution in [0.4, 0.5) is 0 Å². The molecule has 118 valence electrons. The van der Waals surface area contributed by atoms with Crippen molar-refractivity contribution in [3.05, 3.63) is 23.3 Å². The fraction of sp³-hybridized carbons (Fsp3) is 0.600. The molecule has 0 N–H and O–H groups in total.